The van der Waals surface area contributed by atoms with Crippen LogP contribution in [0.4, 0.5) is 8.78 Å². The molecule has 1 heterocycles. The molecule has 0 spiro atoms. The van der Waals surface area contributed by atoms with Crippen LogP contribution >= 0.6 is 0 Å². The quantitative estimate of drug-likeness (QED) is 0.874. The van der Waals surface area contributed by atoms with E-state index >= 15 is 0 Å². The molecule has 0 saturated heterocycles. The third-order valence-corrected chi connectivity index (χ3v) is 2.97. The normalized spacial score (nSPS) is 15.1. The van der Waals surface area contributed by atoms with Crippen molar-refractivity contribution in [1.82, 2.24) is 4.90 Å². The largest absolute Gasteiger partial charge is 0.366 e. The van der Waals surface area contributed by atoms with Crippen LogP contribution in [0.25, 0.3) is 0 Å². The van der Waals surface area contributed by atoms with Crippen LogP contribution in [0.5, 0.6) is 0 Å². The second-order valence-corrected chi connectivity index (χ2v) is 4.22. The van der Waals surface area contributed by atoms with Crippen LogP contribution in [0.15, 0.2) is 29.8 Å². The van der Waals surface area contributed by atoms with Gasteiger partial charge in [-0.25, -0.2) is 8.78 Å². The highest BCUT2D eigenvalue weighted by molar-refractivity contribution is 5.96. The van der Waals surface area contributed by atoms with Gasteiger partial charge in [-0.15, -0.1) is 0 Å². The molecule has 2 N–H and O–H groups in total. The van der Waals surface area contributed by atoms with Crippen molar-refractivity contribution in [3.63, 3.8) is 0 Å². The molecule has 1 aromatic carbocycles. The summed E-state index contributed by atoms with van der Waals surface area (Å²) in [7, 11) is 0. The monoisotopic (exact) mass is 266 g/mol. The van der Waals surface area contributed by atoms with Gasteiger partial charge >= 0.3 is 0 Å². The Morgan fingerprint density at radius 3 is 2.53 bits per heavy atom. The number of halogens is 2. The number of carbonyl (C=O) groups is 2. The van der Waals surface area contributed by atoms with Crippen LogP contribution in [0.1, 0.15) is 16.8 Å². The van der Waals surface area contributed by atoms with E-state index < -0.39 is 23.4 Å². The first-order valence-electron chi connectivity index (χ1n) is 5.72. The van der Waals surface area contributed by atoms with Crippen LogP contribution in [0.3, 0.4) is 0 Å². The van der Waals surface area contributed by atoms with Crippen molar-refractivity contribution >= 4 is 11.8 Å². The van der Waals surface area contributed by atoms with Gasteiger partial charge in [0.2, 0.25) is 5.91 Å². The molecule has 0 aliphatic carbocycles. The lowest BCUT2D eigenvalue weighted by Gasteiger charge is -2.25. The maximum atomic E-state index is 13.5. The van der Waals surface area contributed by atoms with Crippen molar-refractivity contribution in [2.24, 2.45) is 5.73 Å². The molecule has 0 fully saturated rings. The maximum Gasteiger partial charge on any atom is 0.257 e. The lowest BCUT2D eigenvalue weighted by molar-refractivity contribution is -0.114. The van der Waals surface area contributed by atoms with Gasteiger partial charge < -0.3 is 10.6 Å². The van der Waals surface area contributed by atoms with E-state index in [9.17, 15) is 18.4 Å². The Morgan fingerprint density at radius 1 is 1.26 bits per heavy atom. The summed E-state index contributed by atoms with van der Waals surface area (Å²) in [5, 5.41) is 0. The highest BCUT2D eigenvalue weighted by atomic mass is 19.1. The standard InChI is InChI=1S/C13H12F2N2O2/c14-9-1-2-10(11(15)7-9)13(19)17-5-3-8(4-6-17)12(16)18/h1-3,7H,4-6H2,(H2,16,18). The molecular weight excluding hydrogens is 254 g/mol. The predicted molar refractivity (Wildman–Crippen MR) is 64.2 cm³/mol. The molecule has 0 bridgehead atoms. The number of hydrogen-bond donors (Lipinski definition) is 1. The van der Waals surface area contributed by atoms with E-state index in [0.29, 0.717) is 18.1 Å². The lowest BCUT2D eigenvalue weighted by atomic mass is 10.1. The Morgan fingerprint density at radius 2 is 2.00 bits per heavy atom. The van der Waals surface area contributed by atoms with E-state index in [0.717, 1.165) is 12.1 Å². The van der Waals surface area contributed by atoms with E-state index in [1.54, 1.807) is 6.08 Å². The summed E-state index contributed by atoms with van der Waals surface area (Å²) in [4.78, 5) is 24.3. The average Bonchev–Trinajstić information content (AvgIpc) is 2.38. The van der Waals surface area contributed by atoms with E-state index in [4.69, 9.17) is 5.73 Å². The lowest BCUT2D eigenvalue weighted by Crippen LogP contribution is -2.37. The first-order valence-corrected chi connectivity index (χ1v) is 5.72. The van der Waals surface area contributed by atoms with E-state index in [2.05, 4.69) is 0 Å². The third kappa shape index (κ3) is 2.78. The third-order valence-electron chi connectivity index (χ3n) is 2.97. The fourth-order valence-corrected chi connectivity index (χ4v) is 1.91. The number of primary amides is 1. The molecule has 1 aliphatic rings. The number of nitrogens with two attached hydrogens (primary N) is 1. The Kier molecular flexibility index (Phi) is 3.59. The Bertz CT molecular complexity index is 570. The molecule has 0 saturated carbocycles. The molecule has 4 nitrogen and oxygen atoms in total. The van der Waals surface area contributed by atoms with Crippen LogP contribution in [-0.4, -0.2) is 29.8 Å². The summed E-state index contributed by atoms with van der Waals surface area (Å²) in [6.45, 7) is 0.471. The van der Waals surface area contributed by atoms with E-state index in [1.165, 1.54) is 4.90 Å². The molecule has 1 aromatic rings. The van der Waals surface area contributed by atoms with Gasteiger partial charge in [0.1, 0.15) is 11.6 Å². The van der Waals surface area contributed by atoms with Gasteiger partial charge in [-0.2, -0.15) is 0 Å². The number of carbonyl (C=O) groups excluding carboxylic acids is 2. The molecule has 0 unspecified atom stereocenters. The summed E-state index contributed by atoms with van der Waals surface area (Å²) in [6, 6.07) is 2.81. The molecule has 0 radical (unpaired) electrons. The number of benzene rings is 1. The van der Waals surface area contributed by atoms with Crippen molar-refractivity contribution in [1.29, 1.82) is 0 Å². The van der Waals surface area contributed by atoms with Crippen LogP contribution in [0.2, 0.25) is 0 Å². The first-order chi connectivity index (χ1) is 8.99. The van der Waals surface area contributed by atoms with E-state index in [1.807, 2.05) is 0 Å². The average molecular weight is 266 g/mol. The summed E-state index contributed by atoms with van der Waals surface area (Å²) in [6.07, 6.45) is 1.88. The van der Waals surface area contributed by atoms with Gasteiger partial charge in [0.25, 0.3) is 5.91 Å². The summed E-state index contributed by atoms with van der Waals surface area (Å²) < 4.78 is 26.3. The summed E-state index contributed by atoms with van der Waals surface area (Å²) >= 11 is 0. The van der Waals surface area contributed by atoms with Gasteiger partial charge in [0.15, 0.2) is 0 Å². The van der Waals surface area contributed by atoms with Gasteiger partial charge in [-0.05, 0) is 18.6 Å². The maximum absolute atomic E-state index is 13.5. The van der Waals surface area contributed by atoms with Crippen molar-refractivity contribution < 1.29 is 18.4 Å². The van der Waals surface area contributed by atoms with Crippen molar-refractivity contribution in [3.8, 4) is 0 Å². The van der Waals surface area contributed by atoms with Crippen molar-refractivity contribution in [3.05, 3.63) is 47.0 Å². The zero-order valence-corrected chi connectivity index (χ0v) is 10.0. The molecule has 0 atom stereocenters. The molecule has 6 heteroatoms. The topological polar surface area (TPSA) is 63.4 Å². The minimum absolute atomic E-state index is 0.183. The number of amides is 2. The Hall–Kier alpha value is -2.24. The fraction of sp³-hybridized carbons (Fsp3) is 0.231. The zero-order chi connectivity index (χ0) is 14.0. The van der Waals surface area contributed by atoms with Crippen LogP contribution in [-0.2, 0) is 4.79 Å². The van der Waals surface area contributed by atoms with Crippen LogP contribution < -0.4 is 5.73 Å². The van der Waals surface area contributed by atoms with Gasteiger partial charge in [0.05, 0.1) is 5.56 Å². The Balaban J connectivity index is 2.16. The SMILES string of the molecule is NC(=O)C1=CCN(C(=O)c2ccc(F)cc2F)CC1. The molecule has 1 aliphatic heterocycles. The molecular formula is C13H12F2N2O2. The Labute approximate surface area is 108 Å². The van der Waals surface area contributed by atoms with Crippen molar-refractivity contribution in [2.75, 3.05) is 13.1 Å². The fourth-order valence-electron chi connectivity index (χ4n) is 1.91. The van der Waals surface area contributed by atoms with Crippen LogP contribution in [0, 0.1) is 11.6 Å². The molecule has 2 rings (SSSR count). The minimum Gasteiger partial charge on any atom is -0.366 e. The zero-order valence-electron chi connectivity index (χ0n) is 10.0. The molecule has 0 aromatic heterocycles. The summed E-state index contributed by atoms with van der Waals surface area (Å²) in [5.74, 6) is -2.67. The molecule has 2 amide bonds. The molecule has 100 valence electrons. The number of rotatable bonds is 2. The second kappa shape index (κ2) is 5.17. The van der Waals surface area contributed by atoms with Gasteiger partial charge in [-0.1, -0.05) is 6.08 Å². The highest BCUT2D eigenvalue weighted by Gasteiger charge is 2.22. The smallest absolute Gasteiger partial charge is 0.257 e. The predicted octanol–water partition coefficient (Wildman–Crippen LogP) is 1.22. The van der Waals surface area contributed by atoms with Crippen molar-refractivity contribution in [2.45, 2.75) is 6.42 Å². The van der Waals surface area contributed by atoms with Gasteiger partial charge in [0, 0.05) is 24.7 Å². The second-order valence-electron chi connectivity index (χ2n) is 4.22. The number of nitrogens with zero attached hydrogens (tertiary/aromatic N) is 1. The van der Waals surface area contributed by atoms with E-state index in [-0.39, 0.29) is 18.7 Å². The molecule has 19 heavy (non-hydrogen) atoms. The first kappa shape index (κ1) is 13.2. The number of hydrogen-bond acceptors (Lipinski definition) is 2. The highest BCUT2D eigenvalue weighted by Crippen LogP contribution is 2.16. The minimum atomic E-state index is -0.894. The summed E-state index contributed by atoms with van der Waals surface area (Å²) in [5.41, 5.74) is 5.41. The van der Waals surface area contributed by atoms with Gasteiger partial charge in [-0.3, -0.25) is 9.59 Å².